The van der Waals surface area contributed by atoms with Gasteiger partial charge in [0.05, 0.1) is 5.92 Å². The Morgan fingerprint density at radius 3 is 2.76 bits per heavy atom. The highest BCUT2D eigenvalue weighted by atomic mass is 35.5. The maximum atomic E-state index is 12.1. The number of nitrogens with zero attached hydrogens (tertiary/aromatic N) is 1. The summed E-state index contributed by atoms with van der Waals surface area (Å²) in [5.74, 6) is 0.886. The largest absolute Gasteiger partial charge is 0.356 e. The molecule has 2 heterocycles. The van der Waals surface area contributed by atoms with Crippen molar-refractivity contribution in [2.75, 3.05) is 32.7 Å². The van der Waals surface area contributed by atoms with Gasteiger partial charge in [0, 0.05) is 26.6 Å². The average molecular weight is 318 g/mol. The van der Waals surface area contributed by atoms with Gasteiger partial charge >= 0.3 is 0 Å². The molecule has 6 heteroatoms. The van der Waals surface area contributed by atoms with Gasteiger partial charge in [0.1, 0.15) is 0 Å². The van der Waals surface area contributed by atoms with Crippen LogP contribution >= 0.6 is 12.4 Å². The lowest BCUT2D eigenvalue weighted by molar-refractivity contribution is -0.133. The molecule has 0 bridgehead atoms. The van der Waals surface area contributed by atoms with Crippen LogP contribution in [0, 0.1) is 11.8 Å². The van der Waals surface area contributed by atoms with Crippen LogP contribution in [-0.4, -0.2) is 49.4 Å². The Bertz CT molecular complexity index is 346. The summed E-state index contributed by atoms with van der Waals surface area (Å²) in [6.45, 7) is 5.94. The third-order valence-electron chi connectivity index (χ3n) is 4.49. The predicted molar refractivity (Wildman–Crippen MR) is 85.4 cm³/mol. The van der Waals surface area contributed by atoms with Gasteiger partial charge in [-0.2, -0.15) is 0 Å². The van der Waals surface area contributed by atoms with Gasteiger partial charge in [-0.1, -0.05) is 0 Å². The molecule has 2 saturated heterocycles. The number of carbonyl (C=O) groups excluding carboxylic acids is 2. The molecule has 2 fully saturated rings. The molecule has 2 atom stereocenters. The highest BCUT2D eigenvalue weighted by Gasteiger charge is 2.26. The molecule has 122 valence electrons. The van der Waals surface area contributed by atoms with Crippen LogP contribution in [0.3, 0.4) is 0 Å². The van der Waals surface area contributed by atoms with Gasteiger partial charge in [0.2, 0.25) is 11.8 Å². The Morgan fingerprint density at radius 2 is 2.10 bits per heavy atom. The summed E-state index contributed by atoms with van der Waals surface area (Å²) in [5.41, 5.74) is 0. The highest BCUT2D eigenvalue weighted by molar-refractivity contribution is 5.85. The zero-order chi connectivity index (χ0) is 14.4. The van der Waals surface area contributed by atoms with E-state index in [1.54, 1.807) is 11.8 Å². The first kappa shape index (κ1) is 18.2. The third-order valence-corrected chi connectivity index (χ3v) is 4.49. The van der Waals surface area contributed by atoms with Crippen LogP contribution in [0.4, 0.5) is 0 Å². The highest BCUT2D eigenvalue weighted by Crippen LogP contribution is 2.17. The van der Waals surface area contributed by atoms with E-state index in [1.807, 2.05) is 0 Å². The summed E-state index contributed by atoms with van der Waals surface area (Å²) in [6.07, 6.45) is 5.41. The van der Waals surface area contributed by atoms with E-state index in [1.165, 1.54) is 12.8 Å². The van der Waals surface area contributed by atoms with Crippen molar-refractivity contribution >= 4 is 24.2 Å². The standard InChI is InChI=1S/C15H27N3O2.ClH/c1-12(19)18-9-3-5-14(11-18)15(20)17-8-6-13-4-2-7-16-10-13;/h13-14,16H,2-11H2,1H3,(H,17,20);1H. The Morgan fingerprint density at radius 1 is 1.29 bits per heavy atom. The van der Waals surface area contributed by atoms with E-state index in [-0.39, 0.29) is 30.1 Å². The van der Waals surface area contributed by atoms with Gasteiger partial charge < -0.3 is 15.5 Å². The molecule has 2 amide bonds. The molecule has 2 N–H and O–H groups in total. The molecular formula is C15H28ClN3O2. The maximum Gasteiger partial charge on any atom is 0.224 e. The van der Waals surface area contributed by atoms with Gasteiger partial charge in [0.25, 0.3) is 0 Å². The van der Waals surface area contributed by atoms with Crippen LogP contribution in [-0.2, 0) is 9.59 Å². The number of hydrogen-bond donors (Lipinski definition) is 2. The van der Waals surface area contributed by atoms with Crippen molar-refractivity contribution in [3.05, 3.63) is 0 Å². The monoisotopic (exact) mass is 317 g/mol. The van der Waals surface area contributed by atoms with Crippen molar-refractivity contribution in [3.63, 3.8) is 0 Å². The fourth-order valence-corrected chi connectivity index (χ4v) is 3.19. The summed E-state index contributed by atoms with van der Waals surface area (Å²) in [4.78, 5) is 25.3. The summed E-state index contributed by atoms with van der Waals surface area (Å²) in [6, 6.07) is 0. The first-order valence-electron chi connectivity index (χ1n) is 7.90. The Labute approximate surface area is 133 Å². The quantitative estimate of drug-likeness (QED) is 0.818. The van der Waals surface area contributed by atoms with E-state index in [0.717, 1.165) is 45.4 Å². The molecule has 0 aromatic rings. The minimum Gasteiger partial charge on any atom is -0.356 e. The van der Waals surface area contributed by atoms with Crippen molar-refractivity contribution in [1.82, 2.24) is 15.5 Å². The molecule has 21 heavy (non-hydrogen) atoms. The Balaban J connectivity index is 0.00000220. The molecule has 0 radical (unpaired) electrons. The van der Waals surface area contributed by atoms with E-state index in [9.17, 15) is 9.59 Å². The number of nitrogens with one attached hydrogen (secondary N) is 2. The van der Waals surface area contributed by atoms with Crippen molar-refractivity contribution in [2.45, 2.75) is 39.0 Å². The molecule has 0 aromatic heterocycles. The summed E-state index contributed by atoms with van der Waals surface area (Å²) in [5, 5.41) is 6.45. The lowest BCUT2D eigenvalue weighted by atomic mass is 9.95. The van der Waals surface area contributed by atoms with Crippen molar-refractivity contribution in [2.24, 2.45) is 11.8 Å². The third kappa shape index (κ3) is 5.83. The zero-order valence-electron chi connectivity index (χ0n) is 12.9. The number of piperidine rings is 2. The first-order valence-corrected chi connectivity index (χ1v) is 7.90. The molecule has 0 aliphatic carbocycles. The molecule has 0 aromatic carbocycles. The number of likely N-dealkylation sites (tertiary alicyclic amines) is 1. The molecule has 2 aliphatic rings. The fraction of sp³-hybridized carbons (Fsp3) is 0.867. The average Bonchev–Trinajstić information content (AvgIpc) is 2.48. The van der Waals surface area contributed by atoms with E-state index >= 15 is 0 Å². The summed E-state index contributed by atoms with van der Waals surface area (Å²) in [7, 11) is 0. The smallest absolute Gasteiger partial charge is 0.224 e. The van der Waals surface area contributed by atoms with E-state index in [0.29, 0.717) is 12.5 Å². The van der Waals surface area contributed by atoms with Crippen LogP contribution in [0.1, 0.15) is 39.0 Å². The molecule has 2 rings (SSSR count). The van der Waals surface area contributed by atoms with E-state index in [4.69, 9.17) is 0 Å². The molecule has 0 saturated carbocycles. The molecule has 2 unspecified atom stereocenters. The Kier molecular flexibility index (Phi) is 8.04. The molecular weight excluding hydrogens is 290 g/mol. The normalized spacial score (nSPS) is 25.9. The van der Waals surface area contributed by atoms with Crippen LogP contribution in [0.5, 0.6) is 0 Å². The molecule has 0 spiro atoms. The second-order valence-corrected chi connectivity index (χ2v) is 6.10. The topological polar surface area (TPSA) is 61.4 Å². The summed E-state index contributed by atoms with van der Waals surface area (Å²) >= 11 is 0. The number of rotatable bonds is 4. The second-order valence-electron chi connectivity index (χ2n) is 6.10. The van der Waals surface area contributed by atoms with Crippen LogP contribution in [0.15, 0.2) is 0 Å². The molecule has 2 aliphatic heterocycles. The van der Waals surface area contributed by atoms with Crippen molar-refractivity contribution in [3.8, 4) is 0 Å². The number of carbonyl (C=O) groups is 2. The van der Waals surface area contributed by atoms with Gasteiger partial charge in [-0.15, -0.1) is 12.4 Å². The lowest BCUT2D eigenvalue weighted by Gasteiger charge is -2.31. The predicted octanol–water partition coefficient (Wildman–Crippen LogP) is 1.17. The maximum absolute atomic E-state index is 12.1. The Hall–Kier alpha value is -0.810. The van der Waals surface area contributed by atoms with Gasteiger partial charge in [-0.3, -0.25) is 9.59 Å². The SMILES string of the molecule is CC(=O)N1CCCC(C(=O)NCCC2CCCNC2)C1.Cl. The second kappa shape index (κ2) is 9.26. The van der Waals surface area contributed by atoms with Crippen molar-refractivity contribution in [1.29, 1.82) is 0 Å². The summed E-state index contributed by atoms with van der Waals surface area (Å²) < 4.78 is 0. The molecule has 5 nitrogen and oxygen atoms in total. The van der Waals surface area contributed by atoms with Crippen LogP contribution in [0.25, 0.3) is 0 Å². The number of amides is 2. The minimum atomic E-state index is -0.0165. The van der Waals surface area contributed by atoms with Crippen LogP contribution in [0.2, 0.25) is 0 Å². The zero-order valence-corrected chi connectivity index (χ0v) is 13.7. The van der Waals surface area contributed by atoms with Crippen molar-refractivity contribution < 1.29 is 9.59 Å². The van der Waals surface area contributed by atoms with Crippen LogP contribution < -0.4 is 10.6 Å². The van der Waals surface area contributed by atoms with Gasteiger partial charge in [0.15, 0.2) is 0 Å². The van der Waals surface area contributed by atoms with Gasteiger partial charge in [-0.25, -0.2) is 0 Å². The minimum absolute atomic E-state index is 0. The fourth-order valence-electron chi connectivity index (χ4n) is 3.19. The van der Waals surface area contributed by atoms with E-state index < -0.39 is 0 Å². The number of hydrogen-bond acceptors (Lipinski definition) is 3. The first-order chi connectivity index (χ1) is 9.66. The lowest BCUT2D eigenvalue weighted by Crippen LogP contribution is -2.45. The van der Waals surface area contributed by atoms with Gasteiger partial charge in [-0.05, 0) is 51.1 Å². The number of halogens is 1. The van der Waals surface area contributed by atoms with E-state index in [2.05, 4.69) is 10.6 Å².